The van der Waals surface area contributed by atoms with E-state index in [4.69, 9.17) is 14.2 Å². The first-order chi connectivity index (χ1) is 40.0. The smallest absolute Gasteiger partial charge is 0.306 e. The minimum Gasteiger partial charge on any atom is -0.462 e. The van der Waals surface area contributed by atoms with Crippen molar-refractivity contribution in [3.05, 3.63) is 36.5 Å². The molecule has 0 rings (SSSR count). The van der Waals surface area contributed by atoms with Gasteiger partial charge in [0.05, 0.1) is 0 Å². The molecule has 0 aromatic heterocycles. The predicted molar refractivity (Wildman–Crippen MR) is 353 cm³/mol. The summed E-state index contributed by atoms with van der Waals surface area (Å²) in [4.78, 5) is 38.3. The fourth-order valence-electron chi connectivity index (χ4n) is 11.2. The van der Waals surface area contributed by atoms with Crippen molar-refractivity contribution >= 4 is 17.9 Å². The van der Waals surface area contributed by atoms with E-state index in [9.17, 15) is 14.4 Å². The lowest BCUT2D eigenvalue weighted by Gasteiger charge is -2.18. The average molecular weight is 1140 g/mol. The van der Waals surface area contributed by atoms with E-state index in [0.29, 0.717) is 19.3 Å². The van der Waals surface area contributed by atoms with E-state index in [1.165, 1.54) is 289 Å². The van der Waals surface area contributed by atoms with Crippen LogP contribution in [0.25, 0.3) is 0 Å². The molecule has 0 aliphatic carbocycles. The Kier molecular flexibility index (Phi) is 68.1. The fraction of sp³-hybridized carbons (Fsp3) is 0.880. The molecule has 0 saturated carbocycles. The van der Waals surface area contributed by atoms with E-state index in [1.807, 2.05) is 0 Å². The van der Waals surface area contributed by atoms with Crippen molar-refractivity contribution in [1.29, 1.82) is 0 Å². The van der Waals surface area contributed by atoms with E-state index < -0.39 is 6.10 Å². The van der Waals surface area contributed by atoms with Crippen molar-refractivity contribution in [2.24, 2.45) is 0 Å². The molecule has 0 heterocycles. The standard InChI is InChI=1S/C75H140O6/c1-4-7-10-13-16-19-22-24-26-28-30-31-32-33-34-35-36-37-38-39-40-41-42-43-44-46-47-49-51-53-56-59-62-65-68-74(77)80-71-72(70-79-73(76)67-64-61-58-55-21-18-15-12-9-6-3)81-75(78)69-66-63-60-57-54-52-50-48-45-29-27-25-23-20-17-14-11-8-5-2/h17,20,25,27,45,48,72H,4-16,18-19,21-24,26,28-44,46-47,49-71H2,1-3H3/b20-17-,27-25-,48-45-. The molecule has 0 bridgehead atoms. The second-order valence-electron chi connectivity index (χ2n) is 24.9. The largest absolute Gasteiger partial charge is 0.462 e. The molecule has 0 aromatic rings. The summed E-state index contributed by atoms with van der Waals surface area (Å²) in [6.45, 7) is 6.66. The summed E-state index contributed by atoms with van der Waals surface area (Å²) in [7, 11) is 0. The van der Waals surface area contributed by atoms with Gasteiger partial charge in [0.2, 0.25) is 0 Å². The van der Waals surface area contributed by atoms with E-state index in [0.717, 1.165) is 77.0 Å². The molecule has 0 spiro atoms. The van der Waals surface area contributed by atoms with Crippen LogP contribution in [0.5, 0.6) is 0 Å². The molecule has 0 aliphatic rings. The number of allylic oxidation sites excluding steroid dienone is 6. The number of carbonyl (C=O) groups excluding carboxylic acids is 3. The third-order valence-electron chi connectivity index (χ3n) is 16.6. The van der Waals surface area contributed by atoms with Gasteiger partial charge in [0.25, 0.3) is 0 Å². The number of unbranched alkanes of at least 4 members (excludes halogenated alkanes) is 51. The molecule has 476 valence electrons. The fourth-order valence-corrected chi connectivity index (χ4v) is 11.2. The predicted octanol–water partition coefficient (Wildman–Crippen LogP) is 25.1. The van der Waals surface area contributed by atoms with Gasteiger partial charge in [-0.25, -0.2) is 0 Å². The summed E-state index contributed by atoms with van der Waals surface area (Å²) in [5, 5.41) is 0. The van der Waals surface area contributed by atoms with Crippen molar-refractivity contribution < 1.29 is 28.6 Å². The Labute approximate surface area is 506 Å². The second kappa shape index (κ2) is 70.1. The Morgan fingerprint density at radius 1 is 0.247 bits per heavy atom. The third-order valence-corrected chi connectivity index (χ3v) is 16.6. The molecule has 0 saturated heterocycles. The van der Waals surface area contributed by atoms with Crippen LogP contribution in [0, 0.1) is 0 Å². The maximum Gasteiger partial charge on any atom is 0.306 e. The average Bonchev–Trinajstić information content (AvgIpc) is 3.47. The Morgan fingerprint density at radius 2 is 0.444 bits per heavy atom. The minimum absolute atomic E-state index is 0.0724. The summed E-state index contributed by atoms with van der Waals surface area (Å²) in [6, 6.07) is 0. The van der Waals surface area contributed by atoms with Crippen LogP contribution in [0.1, 0.15) is 406 Å². The van der Waals surface area contributed by atoms with Gasteiger partial charge in [0.1, 0.15) is 13.2 Å². The Balaban J connectivity index is 4.04. The van der Waals surface area contributed by atoms with Crippen LogP contribution in [0.2, 0.25) is 0 Å². The first-order valence-electron chi connectivity index (χ1n) is 36.5. The number of esters is 3. The van der Waals surface area contributed by atoms with Crippen LogP contribution >= 0.6 is 0 Å². The number of ether oxygens (including phenoxy) is 3. The lowest BCUT2D eigenvalue weighted by molar-refractivity contribution is -0.167. The molecule has 0 aliphatic heterocycles. The Hall–Kier alpha value is -2.37. The number of hydrogen-bond acceptors (Lipinski definition) is 6. The van der Waals surface area contributed by atoms with Gasteiger partial charge < -0.3 is 14.2 Å². The van der Waals surface area contributed by atoms with Crippen LogP contribution in [0.3, 0.4) is 0 Å². The molecule has 81 heavy (non-hydrogen) atoms. The molecular formula is C75H140O6. The Bertz CT molecular complexity index is 1350. The first kappa shape index (κ1) is 78.6. The van der Waals surface area contributed by atoms with Crippen LogP contribution in [0.15, 0.2) is 36.5 Å². The molecule has 0 aromatic carbocycles. The normalized spacial score (nSPS) is 12.2. The van der Waals surface area contributed by atoms with Crippen molar-refractivity contribution in [2.75, 3.05) is 13.2 Å². The zero-order chi connectivity index (χ0) is 58.5. The van der Waals surface area contributed by atoms with Crippen molar-refractivity contribution in [2.45, 2.75) is 412 Å². The molecule has 1 atom stereocenters. The molecule has 0 amide bonds. The van der Waals surface area contributed by atoms with E-state index in [1.54, 1.807) is 0 Å². The van der Waals surface area contributed by atoms with Crippen molar-refractivity contribution in [3.8, 4) is 0 Å². The van der Waals surface area contributed by atoms with Gasteiger partial charge >= 0.3 is 17.9 Å². The second-order valence-corrected chi connectivity index (χ2v) is 24.9. The highest BCUT2D eigenvalue weighted by molar-refractivity contribution is 5.71. The lowest BCUT2D eigenvalue weighted by Crippen LogP contribution is -2.30. The van der Waals surface area contributed by atoms with Crippen LogP contribution < -0.4 is 0 Å². The van der Waals surface area contributed by atoms with E-state index >= 15 is 0 Å². The van der Waals surface area contributed by atoms with Crippen LogP contribution in [0.4, 0.5) is 0 Å². The summed E-state index contributed by atoms with van der Waals surface area (Å²) in [5.74, 6) is -0.861. The summed E-state index contributed by atoms with van der Waals surface area (Å²) < 4.78 is 16.9. The maximum absolute atomic E-state index is 12.9. The van der Waals surface area contributed by atoms with Crippen molar-refractivity contribution in [1.82, 2.24) is 0 Å². The molecule has 0 fully saturated rings. The highest BCUT2D eigenvalue weighted by Crippen LogP contribution is 2.19. The SMILES string of the molecule is CCCCC/C=C\C/C=C\C/C=C\CCCCCCCCC(=O)OC(COC(=O)CCCCCCCCCCCC)COC(=O)CCCCCCCCCCCCCCCCCCCCCCCCCCCCCCCCCCCC. The number of carbonyl (C=O) groups is 3. The quantitative estimate of drug-likeness (QED) is 0.0261. The van der Waals surface area contributed by atoms with E-state index in [2.05, 4.69) is 57.2 Å². The zero-order valence-electron chi connectivity index (χ0n) is 54.8. The zero-order valence-corrected chi connectivity index (χ0v) is 54.8. The van der Waals surface area contributed by atoms with Gasteiger partial charge in [-0.1, -0.05) is 365 Å². The molecular weight excluding hydrogens is 997 g/mol. The summed E-state index contributed by atoms with van der Waals surface area (Å²) in [5.41, 5.74) is 0. The highest BCUT2D eigenvalue weighted by atomic mass is 16.6. The molecule has 0 N–H and O–H groups in total. The van der Waals surface area contributed by atoms with Gasteiger partial charge in [0, 0.05) is 19.3 Å². The topological polar surface area (TPSA) is 78.9 Å². The number of rotatable bonds is 68. The minimum atomic E-state index is -0.776. The van der Waals surface area contributed by atoms with Gasteiger partial charge in [0.15, 0.2) is 6.10 Å². The summed E-state index contributed by atoms with van der Waals surface area (Å²) in [6.07, 6.45) is 87.8. The van der Waals surface area contributed by atoms with Crippen LogP contribution in [-0.4, -0.2) is 37.2 Å². The number of hydrogen-bond donors (Lipinski definition) is 0. The first-order valence-corrected chi connectivity index (χ1v) is 36.5. The highest BCUT2D eigenvalue weighted by Gasteiger charge is 2.19. The van der Waals surface area contributed by atoms with Gasteiger partial charge in [-0.05, 0) is 57.8 Å². The Morgan fingerprint density at radius 3 is 0.716 bits per heavy atom. The lowest BCUT2D eigenvalue weighted by atomic mass is 10.0. The van der Waals surface area contributed by atoms with E-state index in [-0.39, 0.29) is 31.1 Å². The van der Waals surface area contributed by atoms with Gasteiger partial charge in [-0.15, -0.1) is 0 Å². The molecule has 1 unspecified atom stereocenters. The van der Waals surface area contributed by atoms with Crippen LogP contribution in [-0.2, 0) is 28.6 Å². The molecule has 6 nitrogen and oxygen atoms in total. The van der Waals surface area contributed by atoms with Crippen molar-refractivity contribution in [3.63, 3.8) is 0 Å². The molecule has 6 heteroatoms. The molecule has 0 radical (unpaired) electrons. The maximum atomic E-state index is 12.9. The summed E-state index contributed by atoms with van der Waals surface area (Å²) >= 11 is 0. The third kappa shape index (κ3) is 68.3. The van der Waals surface area contributed by atoms with Gasteiger partial charge in [-0.2, -0.15) is 0 Å². The van der Waals surface area contributed by atoms with Gasteiger partial charge in [-0.3, -0.25) is 14.4 Å². The monoisotopic (exact) mass is 1140 g/mol.